The highest BCUT2D eigenvalue weighted by atomic mass is 16.5. The van der Waals surface area contributed by atoms with Crippen LogP contribution in [0.5, 0.6) is 0 Å². The molecule has 1 fully saturated rings. The number of morpholine rings is 1. The minimum absolute atomic E-state index is 0.00491. The molecule has 9 heteroatoms. The van der Waals surface area contributed by atoms with Crippen molar-refractivity contribution in [3.8, 4) is 11.3 Å². The fourth-order valence-electron chi connectivity index (χ4n) is 4.09. The highest BCUT2D eigenvalue weighted by Gasteiger charge is 2.16. The summed E-state index contributed by atoms with van der Waals surface area (Å²) in [5.74, 6) is 1.50. The molecule has 0 aromatic carbocycles. The van der Waals surface area contributed by atoms with Crippen molar-refractivity contribution in [2.75, 3.05) is 36.5 Å². The van der Waals surface area contributed by atoms with Gasteiger partial charge in [-0.05, 0) is 45.0 Å². The van der Waals surface area contributed by atoms with Gasteiger partial charge in [-0.1, -0.05) is 0 Å². The van der Waals surface area contributed by atoms with Gasteiger partial charge in [0.15, 0.2) is 5.78 Å². The van der Waals surface area contributed by atoms with Crippen molar-refractivity contribution < 1.29 is 9.53 Å². The highest BCUT2D eigenvalue weighted by molar-refractivity contribution is 5.98. The summed E-state index contributed by atoms with van der Waals surface area (Å²) in [7, 11) is 0. The third kappa shape index (κ3) is 5.63. The molecule has 1 saturated heterocycles. The van der Waals surface area contributed by atoms with Crippen LogP contribution in [0.4, 0.5) is 11.6 Å². The maximum absolute atomic E-state index is 13.1. The number of carbonyl (C=O) groups excluding carboxylic acids is 1. The van der Waals surface area contributed by atoms with E-state index in [0.29, 0.717) is 30.3 Å². The van der Waals surface area contributed by atoms with Crippen LogP contribution >= 0.6 is 0 Å². The zero-order chi connectivity index (χ0) is 25.1. The average Bonchev–Trinajstić information content (AvgIpc) is 2.88. The van der Waals surface area contributed by atoms with Crippen molar-refractivity contribution in [3.63, 3.8) is 0 Å². The molecule has 0 spiro atoms. The summed E-state index contributed by atoms with van der Waals surface area (Å²) in [4.78, 5) is 37.7. The smallest absolute Gasteiger partial charge is 0.169 e. The predicted octanol–water partition coefficient (Wildman–Crippen LogP) is 3.95. The molecular formula is C27H29N7O2. The summed E-state index contributed by atoms with van der Waals surface area (Å²) in [5.41, 5.74) is 3.51. The number of hydrogen-bond acceptors (Lipinski definition) is 9. The SMILES string of the molecule is CC(C)(C)Nc1cncc(-c2cnc3cnc(CC(=O)c4ccnc(N5CCOCC5)c4)cc3c2)n1. The van der Waals surface area contributed by atoms with Gasteiger partial charge in [0.2, 0.25) is 0 Å². The molecule has 4 aromatic rings. The molecule has 5 heterocycles. The summed E-state index contributed by atoms with van der Waals surface area (Å²) >= 11 is 0. The summed E-state index contributed by atoms with van der Waals surface area (Å²) < 4.78 is 5.41. The lowest BCUT2D eigenvalue weighted by Crippen LogP contribution is -2.36. The number of ether oxygens (including phenoxy) is 1. The average molecular weight is 484 g/mol. The van der Waals surface area contributed by atoms with Gasteiger partial charge in [-0.3, -0.25) is 19.7 Å². The van der Waals surface area contributed by atoms with Crippen LogP contribution in [0.1, 0.15) is 36.8 Å². The molecule has 184 valence electrons. The highest BCUT2D eigenvalue weighted by Crippen LogP contribution is 2.23. The molecule has 5 rings (SSSR count). The Labute approximate surface area is 210 Å². The van der Waals surface area contributed by atoms with Crippen LogP contribution in [0.3, 0.4) is 0 Å². The molecular weight excluding hydrogens is 454 g/mol. The van der Waals surface area contributed by atoms with Crippen LogP contribution in [-0.4, -0.2) is 62.5 Å². The van der Waals surface area contributed by atoms with Gasteiger partial charge in [0.05, 0.1) is 49.4 Å². The molecule has 9 nitrogen and oxygen atoms in total. The number of nitrogens with zero attached hydrogens (tertiary/aromatic N) is 6. The molecule has 0 unspecified atom stereocenters. The second-order valence-corrected chi connectivity index (χ2v) is 9.86. The first-order chi connectivity index (χ1) is 17.3. The van der Waals surface area contributed by atoms with Crippen LogP contribution in [-0.2, 0) is 11.2 Å². The van der Waals surface area contributed by atoms with Crippen molar-refractivity contribution in [1.29, 1.82) is 0 Å². The zero-order valence-corrected chi connectivity index (χ0v) is 20.7. The van der Waals surface area contributed by atoms with Gasteiger partial charge in [-0.15, -0.1) is 0 Å². The Morgan fingerprint density at radius 2 is 1.86 bits per heavy atom. The number of pyridine rings is 3. The maximum atomic E-state index is 13.1. The molecule has 4 aromatic heterocycles. The number of carbonyl (C=O) groups is 1. The second kappa shape index (κ2) is 9.94. The summed E-state index contributed by atoms with van der Waals surface area (Å²) in [6.45, 7) is 9.09. The number of hydrogen-bond donors (Lipinski definition) is 1. The lowest BCUT2D eigenvalue weighted by Gasteiger charge is -2.27. The van der Waals surface area contributed by atoms with E-state index in [1.165, 1.54) is 0 Å². The number of aromatic nitrogens is 5. The topological polar surface area (TPSA) is 106 Å². The molecule has 0 radical (unpaired) electrons. The van der Waals surface area contributed by atoms with E-state index in [4.69, 9.17) is 9.72 Å². The Bertz CT molecular complexity index is 1390. The quantitative estimate of drug-likeness (QED) is 0.408. The lowest BCUT2D eigenvalue weighted by molar-refractivity contribution is 0.0992. The first-order valence-electron chi connectivity index (χ1n) is 12.0. The van der Waals surface area contributed by atoms with E-state index < -0.39 is 0 Å². The van der Waals surface area contributed by atoms with Crippen molar-refractivity contribution in [3.05, 3.63) is 66.5 Å². The van der Waals surface area contributed by atoms with E-state index in [1.54, 1.807) is 37.1 Å². The van der Waals surface area contributed by atoms with Crippen molar-refractivity contribution in [2.45, 2.75) is 32.7 Å². The number of anilines is 2. The largest absolute Gasteiger partial charge is 0.378 e. The Morgan fingerprint density at radius 1 is 1.03 bits per heavy atom. The molecule has 0 aliphatic carbocycles. The number of Topliss-reactive ketones (excluding diaryl/α,β-unsaturated/α-hetero) is 1. The van der Waals surface area contributed by atoms with Crippen LogP contribution in [0.15, 0.2) is 55.2 Å². The van der Waals surface area contributed by atoms with Gasteiger partial charge in [0, 0.05) is 53.2 Å². The van der Waals surface area contributed by atoms with E-state index >= 15 is 0 Å². The third-order valence-electron chi connectivity index (χ3n) is 5.80. The van der Waals surface area contributed by atoms with Crippen molar-refractivity contribution in [2.24, 2.45) is 0 Å². The van der Waals surface area contributed by atoms with Gasteiger partial charge in [0.1, 0.15) is 11.6 Å². The second-order valence-electron chi connectivity index (χ2n) is 9.86. The molecule has 0 atom stereocenters. The minimum Gasteiger partial charge on any atom is -0.378 e. The number of nitrogens with one attached hydrogen (secondary N) is 1. The molecule has 0 saturated carbocycles. The first-order valence-corrected chi connectivity index (χ1v) is 12.0. The van der Waals surface area contributed by atoms with Crippen LogP contribution in [0.25, 0.3) is 22.2 Å². The van der Waals surface area contributed by atoms with Gasteiger partial charge >= 0.3 is 0 Å². The van der Waals surface area contributed by atoms with Crippen molar-refractivity contribution in [1.82, 2.24) is 24.9 Å². The minimum atomic E-state index is -0.125. The first kappa shape index (κ1) is 23.7. The Kier molecular flexibility index (Phi) is 6.56. The van der Waals surface area contributed by atoms with E-state index in [9.17, 15) is 4.79 Å². The van der Waals surface area contributed by atoms with Gasteiger partial charge in [0.25, 0.3) is 0 Å². The molecule has 0 amide bonds. The van der Waals surface area contributed by atoms with Gasteiger partial charge in [-0.25, -0.2) is 9.97 Å². The van der Waals surface area contributed by atoms with Crippen LogP contribution in [0, 0.1) is 0 Å². The molecule has 1 aliphatic rings. The van der Waals surface area contributed by atoms with Crippen LogP contribution < -0.4 is 10.2 Å². The Morgan fingerprint density at radius 3 is 2.67 bits per heavy atom. The van der Waals surface area contributed by atoms with Gasteiger partial charge in [-0.2, -0.15) is 0 Å². The number of rotatable bonds is 6. The molecule has 0 bridgehead atoms. The Hall–Kier alpha value is -3.98. The number of ketones is 1. The van der Waals surface area contributed by atoms with E-state index in [2.05, 4.69) is 50.9 Å². The summed E-state index contributed by atoms with van der Waals surface area (Å²) in [5, 5.41) is 4.24. The summed E-state index contributed by atoms with van der Waals surface area (Å²) in [6.07, 6.45) is 8.78. The third-order valence-corrected chi connectivity index (χ3v) is 5.80. The predicted molar refractivity (Wildman–Crippen MR) is 139 cm³/mol. The van der Waals surface area contributed by atoms with E-state index in [-0.39, 0.29) is 17.7 Å². The normalized spacial score (nSPS) is 14.1. The van der Waals surface area contributed by atoms with Crippen molar-refractivity contribution >= 4 is 28.3 Å². The fraction of sp³-hybridized carbons (Fsp3) is 0.333. The van der Waals surface area contributed by atoms with E-state index in [1.807, 2.05) is 18.2 Å². The van der Waals surface area contributed by atoms with E-state index in [0.717, 1.165) is 41.1 Å². The summed E-state index contributed by atoms with van der Waals surface area (Å²) in [6, 6.07) is 7.53. The van der Waals surface area contributed by atoms with Crippen LogP contribution in [0.2, 0.25) is 0 Å². The Balaban J connectivity index is 1.36. The maximum Gasteiger partial charge on any atom is 0.169 e. The molecule has 1 aliphatic heterocycles. The lowest BCUT2D eigenvalue weighted by atomic mass is 10.1. The van der Waals surface area contributed by atoms with Gasteiger partial charge < -0.3 is 15.0 Å². The zero-order valence-electron chi connectivity index (χ0n) is 20.7. The molecule has 36 heavy (non-hydrogen) atoms. The fourth-order valence-corrected chi connectivity index (χ4v) is 4.09. The monoisotopic (exact) mass is 483 g/mol. The number of fused-ring (bicyclic) bond motifs is 1. The molecule has 1 N–H and O–H groups in total. The standard InChI is InChI=1S/C27H29N7O2/c1-27(2,3)33-25-17-28-15-23(32-25)20-10-19-11-21(30-16-22(19)31-14-20)13-24(35)18-4-5-29-26(12-18)34-6-8-36-9-7-34/h4-5,10-12,14-17H,6-9,13H2,1-3H3,(H,32,33).